The number of anilines is 2. The molecule has 5 nitrogen and oxygen atoms in total. The highest BCUT2D eigenvalue weighted by molar-refractivity contribution is 6.18. The van der Waals surface area contributed by atoms with Crippen LogP contribution in [-0.4, -0.2) is 49.8 Å². The molecule has 1 aromatic carbocycles. The molecule has 122 valence electrons. The monoisotopic (exact) mass is 326 g/mol. The Morgan fingerprint density at radius 1 is 1.41 bits per heavy atom. The van der Waals surface area contributed by atoms with Crippen LogP contribution in [0.5, 0.6) is 0 Å². The SMILES string of the molecule is COC(=O)C1CCN(c2ccc(NCC(O)CCl)cc2)CC1. The number of aliphatic hydroxyl groups excluding tert-OH is 1. The maximum absolute atomic E-state index is 11.5. The van der Waals surface area contributed by atoms with Crippen molar-refractivity contribution in [3.8, 4) is 0 Å². The lowest BCUT2D eigenvalue weighted by Gasteiger charge is -2.32. The van der Waals surface area contributed by atoms with E-state index >= 15 is 0 Å². The molecule has 1 heterocycles. The number of piperidine rings is 1. The average molecular weight is 327 g/mol. The predicted octanol–water partition coefficient (Wildman–Crippen LogP) is 2.09. The van der Waals surface area contributed by atoms with Crippen molar-refractivity contribution in [2.45, 2.75) is 18.9 Å². The van der Waals surface area contributed by atoms with Crippen molar-refractivity contribution in [1.82, 2.24) is 0 Å². The number of methoxy groups -OCH3 is 1. The van der Waals surface area contributed by atoms with E-state index in [9.17, 15) is 9.90 Å². The van der Waals surface area contributed by atoms with E-state index in [4.69, 9.17) is 16.3 Å². The molecule has 1 atom stereocenters. The molecule has 0 aromatic heterocycles. The number of hydrogen-bond donors (Lipinski definition) is 2. The highest BCUT2D eigenvalue weighted by Gasteiger charge is 2.25. The number of benzene rings is 1. The van der Waals surface area contributed by atoms with Gasteiger partial charge < -0.3 is 20.1 Å². The molecule has 0 radical (unpaired) electrons. The van der Waals surface area contributed by atoms with Crippen molar-refractivity contribution in [3.05, 3.63) is 24.3 Å². The van der Waals surface area contributed by atoms with Crippen LogP contribution >= 0.6 is 11.6 Å². The molecular formula is C16H23ClN2O3. The number of nitrogens with zero attached hydrogens (tertiary/aromatic N) is 1. The summed E-state index contributed by atoms with van der Waals surface area (Å²) >= 11 is 5.56. The number of ether oxygens (including phenoxy) is 1. The topological polar surface area (TPSA) is 61.8 Å². The second-order valence-corrected chi connectivity index (χ2v) is 5.83. The van der Waals surface area contributed by atoms with Crippen molar-refractivity contribution in [2.75, 3.05) is 42.8 Å². The minimum Gasteiger partial charge on any atom is -0.469 e. The lowest BCUT2D eigenvalue weighted by molar-refractivity contribution is -0.146. The van der Waals surface area contributed by atoms with E-state index in [1.165, 1.54) is 7.11 Å². The molecule has 2 rings (SSSR count). The summed E-state index contributed by atoms with van der Waals surface area (Å²) in [5.41, 5.74) is 2.10. The number of carbonyl (C=O) groups is 1. The van der Waals surface area contributed by atoms with Gasteiger partial charge in [0.2, 0.25) is 0 Å². The van der Waals surface area contributed by atoms with Crippen LogP contribution in [0, 0.1) is 5.92 Å². The second kappa shape index (κ2) is 8.25. The fourth-order valence-electron chi connectivity index (χ4n) is 2.62. The van der Waals surface area contributed by atoms with Crippen LogP contribution in [0.1, 0.15) is 12.8 Å². The zero-order valence-electron chi connectivity index (χ0n) is 12.8. The number of aliphatic hydroxyl groups is 1. The number of halogens is 1. The fraction of sp³-hybridized carbons (Fsp3) is 0.562. The van der Waals surface area contributed by atoms with Gasteiger partial charge in [-0.3, -0.25) is 4.79 Å². The third kappa shape index (κ3) is 4.52. The maximum atomic E-state index is 11.5. The van der Waals surface area contributed by atoms with E-state index < -0.39 is 6.10 Å². The Labute approximate surface area is 136 Å². The van der Waals surface area contributed by atoms with E-state index in [2.05, 4.69) is 10.2 Å². The van der Waals surface area contributed by atoms with Crippen molar-refractivity contribution >= 4 is 28.9 Å². The number of nitrogens with one attached hydrogen (secondary N) is 1. The second-order valence-electron chi connectivity index (χ2n) is 5.52. The molecule has 1 aliphatic heterocycles. The highest BCUT2D eigenvalue weighted by atomic mass is 35.5. The first kappa shape index (κ1) is 16.9. The van der Waals surface area contributed by atoms with Crippen LogP contribution < -0.4 is 10.2 Å². The van der Waals surface area contributed by atoms with Crippen molar-refractivity contribution in [2.24, 2.45) is 5.92 Å². The quantitative estimate of drug-likeness (QED) is 0.619. The summed E-state index contributed by atoms with van der Waals surface area (Å²) in [7, 11) is 1.45. The minimum atomic E-state index is -0.543. The minimum absolute atomic E-state index is 0.0271. The van der Waals surface area contributed by atoms with Gasteiger partial charge in [0.1, 0.15) is 0 Å². The molecule has 1 saturated heterocycles. The molecule has 0 bridgehead atoms. The Bertz CT molecular complexity index is 473. The van der Waals surface area contributed by atoms with Gasteiger partial charge in [0.25, 0.3) is 0 Å². The molecule has 1 unspecified atom stereocenters. The Balaban J connectivity index is 1.85. The largest absolute Gasteiger partial charge is 0.469 e. The molecule has 1 aliphatic rings. The van der Waals surface area contributed by atoms with Crippen LogP contribution in [0.4, 0.5) is 11.4 Å². The van der Waals surface area contributed by atoms with Crippen LogP contribution in [0.15, 0.2) is 24.3 Å². The third-order valence-electron chi connectivity index (χ3n) is 3.98. The highest BCUT2D eigenvalue weighted by Crippen LogP contribution is 2.25. The van der Waals surface area contributed by atoms with Gasteiger partial charge in [0.15, 0.2) is 0 Å². The molecule has 0 saturated carbocycles. The van der Waals surface area contributed by atoms with Gasteiger partial charge in [-0.1, -0.05) is 0 Å². The molecule has 0 amide bonds. The van der Waals surface area contributed by atoms with E-state index in [1.807, 2.05) is 24.3 Å². The average Bonchev–Trinajstić information content (AvgIpc) is 2.59. The van der Waals surface area contributed by atoms with Crippen LogP contribution in [0.3, 0.4) is 0 Å². The molecule has 1 aromatic rings. The molecule has 2 N–H and O–H groups in total. The number of hydrogen-bond acceptors (Lipinski definition) is 5. The first-order valence-corrected chi connectivity index (χ1v) is 8.08. The van der Waals surface area contributed by atoms with Gasteiger partial charge in [-0.2, -0.15) is 0 Å². The maximum Gasteiger partial charge on any atom is 0.308 e. The number of carbonyl (C=O) groups excluding carboxylic acids is 1. The number of alkyl halides is 1. The zero-order chi connectivity index (χ0) is 15.9. The van der Waals surface area contributed by atoms with Gasteiger partial charge in [0.05, 0.1) is 25.0 Å². The standard InChI is InChI=1S/C16H23ClN2O3/c1-22-16(21)12-6-8-19(9-7-12)14-4-2-13(3-5-14)18-11-15(20)10-17/h2-5,12,15,18,20H,6-11H2,1H3. The van der Waals surface area contributed by atoms with Gasteiger partial charge in [-0.05, 0) is 37.1 Å². The Morgan fingerprint density at radius 3 is 2.59 bits per heavy atom. The van der Waals surface area contributed by atoms with Crippen molar-refractivity contribution in [3.63, 3.8) is 0 Å². The van der Waals surface area contributed by atoms with Gasteiger partial charge in [-0.25, -0.2) is 0 Å². The number of rotatable bonds is 6. The van der Waals surface area contributed by atoms with Crippen LogP contribution in [-0.2, 0) is 9.53 Å². The van der Waals surface area contributed by atoms with Crippen LogP contribution in [0.2, 0.25) is 0 Å². The van der Waals surface area contributed by atoms with Crippen molar-refractivity contribution in [1.29, 1.82) is 0 Å². The predicted molar refractivity (Wildman–Crippen MR) is 88.6 cm³/mol. The van der Waals surface area contributed by atoms with Crippen molar-refractivity contribution < 1.29 is 14.6 Å². The first-order chi connectivity index (χ1) is 10.6. The lowest BCUT2D eigenvalue weighted by Crippen LogP contribution is -2.36. The molecule has 0 aliphatic carbocycles. The van der Waals surface area contributed by atoms with Gasteiger partial charge in [-0.15, -0.1) is 11.6 Å². The van der Waals surface area contributed by atoms with Gasteiger partial charge >= 0.3 is 5.97 Å². The summed E-state index contributed by atoms with van der Waals surface area (Å²) in [5.74, 6) is 0.150. The molecule has 22 heavy (non-hydrogen) atoms. The first-order valence-electron chi connectivity index (χ1n) is 7.54. The Hall–Kier alpha value is -1.46. The van der Waals surface area contributed by atoms with E-state index in [0.29, 0.717) is 6.54 Å². The van der Waals surface area contributed by atoms with E-state index in [1.54, 1.807) is 0 Å². The third-order valence-corrected chi connectivity index (χ3v) is 4.34. The molecular weight excluding hydrogens is 304 g/mol. The lowest BCUT2D eigenvalue weighted by atomic mass is 9.96. The molecule has 1 fully saturated rings. The Kier molecular flexibility index (Phi) is 6.34. The molecule has 6 heteroatoms. The summed E-state index contributed by atoms with van der Waals surface area (Å²) in [6.45, 7) is 2.16. The summed E-state index contributed by atoms with van der Waals surface area (Å²) < 4.78 is 4.81. The fourth-order valence-corrected chi connectivity index (χ4v) is 2.73. The summed E-state index contributed by atoms with van der Waals surface area (Å²) in [5, 5.41) is 12.6. The smallest absolute Gasteiger partial charge is 0.308 e. The summed E-state index contributed by atoms with van der Waals surface area (Å²) in [6.07, 6.45) is 1.11. The summed E-state index contributed by atoms with van der Waals surface area (Å²) in [6, 6.07) is 8.08. The summed E-state index contributed by atoms with van der Waals surface area (Å²) in [4.78, 5) is 13.8. The van der Waals surface area contributed by atoms with E-state index in [-0.39, 0.29) is 17.8 Å². The van der Waals surface area contributed by atoms with Gasteiger partial charge in [0, 0.05) is 31.0 Å². The van der Waals surface area contributed by atoms with Crippen LogP contribution in [0.25, 0.3) is 0 Å². The number of esters is 1. The van der Waals surface area contributed by atoms with E-state index in [0.717, 1.165) is 37.3 Å². The molecule has 0 spiro atoms. The zero-order valence-corrected chi connectivity index (χ0v) is 13.6. The normalized spacial score (nSPS) is 17.1. The Morgan fingerprint density at radius 2 is 2.05 bits per heavy atom.